The van der Waals surface area contributed by atoms with Crippen LogP contribution in [0.3, 0.4) is 0 Å². The number of aryl methyl sites for hydroxylation is 1. The number of carbonyl (C=O) groups excluding carboxylic acids is 1. The third-order valence-electron chi connectivity index (χ3n) is 4.54. The van der Waals surface area contributed by atoms with Gasteiger partial charge in [0.15, 0.2) is 5.82 Å². The molecule has 7 nitrogen and oxygen atoms in total. The highest BCUT2D eigenvalue weighted by molar-refractivity contribution is 6.09. The molecule has 0 saturated carbocycles. The number of hydrogen-bond acceptors (Lipinski definition) is 4. The molecule has 0 radical (unpaired) electrons. The standard InChI is InChI=1S/C18H18N4O3/c1-3-22-10(2)9-13-14(18(22)24)16(21-20-13)19-17(23)12-6-4-5-11-7-8-25-15(11)12/h4-6,9H,3,7-8H2,1-2H3,(H2,19,20,21,23). The van der Waals surface area contributed by atoms with Crippen LogP contribution >= 0.6 is 0 Å². The van der Waals surface area contributed by atoms with Crippen molar-refractivity contribution in [3.05, 3.63) is 51.4 Å². The number of rotatable bonds is 3. The Morgan fingerprint density at radius 3 is 3.08 bits per heavy atom. The number of ether oxygens (including phenoxy) is 1. The Bertz CT molecular complexity index is 1050. The lowest BCUT2D eigenvalue weighted by Crippen LogP contribution is -2.22. The van der Waals surface area contributed by atoms with Crippen LogP contribution in [0.1, 0.15) is 28.5 Å². The summed E-state index contributed by atoms with van der Waals surface area (Å²) in [6.07, 6.45) is 0.794. The summed E-state index contributed by atoms with van der Waals surface area (Å²) >= 11 is 0. The second-order valence-corrected chi connectivity index (χ2v) is 6.04. The molecule has 3 heterocycles. The van der Waals surface area contributed by atoms with Crippen LogP contribution in [0.5, 0.6) is 5.75 Å². The minimum Gasteiger partial charge on any atom is -0.492 e. The number of H-pyrrole nitrogens is 1. The van der Waals surface area contributed by atoms with E-state index in [-0.39, 0.29) is 17.3 Å². The summed E-state index contributed by atoms with van der Waals surface area (Å²) in [4.78, 5) is 25.4. The molecule has 1 aliphatic rings. The summed E-state index contributed by atoms with van der Waals surface area (Å²) in [6.45, 7) is 4.90. The molecule has 25 heavy (non-hydrogen) atoms. The van der Waals surface area contributed by atoms with Crippen molar-refractivity contribution in [2.45, 2.75) is 26.8 Å². The van der Waals surface area contributed by atoms with Gasteiger partial charge in [-0.25, -0.2) is 0 Å². The van der Waals surface area contributed by atoms with Gasteiger partial charge in [0.1, 0.15) is 11.1 Å². The van der Waals surface area contributed by atoms with Gasteiger partial charge in [-0.05, 0) is 31.5 Å². The first-order valence-electron chi connectivity index (χ1n) is 8.24. The maximum absolute atomic E-state index is 12.7. The van der Waals surface area contributed by atoms with Gasteiger partial charge in [-0.1, -0.05) is 12.1 Å². The number of nitrogens with zero attached hydrogens (tertiary/aromatic N) is 2. The number of benzene rings is 1. The fourth-order valence-electron chi connectivity index (χ4n) is 3.31. The van der Waals surface area contributed by atoms with Crippen LogP contribution < -0.4 is 15.6 Å². The van der Waals surface area contributed by atoms with E-state index in [1.54, 1.807) is 10.6 Å². The topological polar surface area (TPSA) is 89.0 Å². The normalized spacial score (nSPS) is 12.9. The van der Waals surface area contributed by atoms with Gasteiger partial charge in [0, 0.05) is 18.7 Å². The Balaban J connectivity index is 1.76. The van der Waals surface area contributed by atoms with Crippen LogP contribution in [0.25, 0.3) is 10.9 Å². The number of para-hydroxylation sites is 1. The second-order valence-electron chi connectivity index (χ2n) is 6.04. The van der Waals surface area contributed by atoms with Gasteiger partial charge in [-0.15, -0.1) is 0 Å². The van der Waals surface area contributed by atoms with Gasteiger partial charge < -0.3 is 14.6 Å². The average Bonchev–Trinajstić information content (AvgIpc) is 3.21. The fraction of sp³-hybridized carbons (Fsp3) is 0.278. The van der Waals surface area contributed by atoms with E-state index >= 15 is 0 Å². The molecule has 0 fully saturated rings. The predicted octanol–water partition coefficient (Wildman–Crippen LogP) is 2.24. The SMILES string of the molecule is CCn1c(C)cc2[nH]nc(NC(=O)c3cccc4c3OCC4)c2c1=O. The van der Waals surface area contributed by atoms with Gasteiger partial charge >= 0.3 is 0 Å². The molecular formula is C18H18N4O3. The summed E-state index contributed by atoms with van der Waals surface area (Å²) < 4.78 is 7.23. The van der Waals surface area contributed by atoms with E-state index in [4.69, 9.17) is 4.74 Å². The molecule has 1 aliphatic heterocycles. The van der Waals surface area contributed by atoms with Gasteiger partial charge in [0.05, 0.1) is 17.7 Å². The molecule has 0 bridgehead atoms. The molecule has 3 aromatic rings. The fourth-order valence-corrected chi connectivity index (χ4v) is 3.31. The Hall–Kier alpha value is -3.09. The van der Waals surface area contributed by atoms with E-state index in [1.165, 1.54) is 0 Å². The summed E-state index contributed by atoms with van der Waals surface area (Å²) in [7, 11) is 0. The molecule has 1 aromatic carbocycles. The Labute approximate surface area is 143 Å². The zero-order chi connectivity index (χ0) is 17.6. The summed E-state index contributed by atoms with van der Waals surface area (Å²) in [5, 5.41) is 10.1. The average molecular weight is 338 g/mol. The number of fused-ring (bicyclic) bond motifs is 2. The zero-order valence-electron chi connectivity index (χ0n) is 14.0. The zero-order valence-corrected chi connectivity index (χ0v) is 14.0. The molecule has 7 heteroatoms. The molecule has 0 aliphatic carbocycles. The van der Waals surface area contributed by atoms with Crippen molar-refractivity contribution < 1.29 is 9.53 Å². The van der Waals surface area contributed by atoms with E-state index in [1.807, 2.05) is 32.0 Å². The molecule has 0 atom stereocenters. The van der Waals surface area contributed by atoms with E-state index < -0.39 is 0 Å². The van der Waals surface area contributed by atoms with Crippen molar-refractivity contribution in [1.82, 2.24) is 14.8 Å². The van der Waals surface area contributed by atoms with Crippen LogP contribution in [-0.4, -0.2) is 27.3 Å². The quantitative estimate of drug-likeness (QED) is 0.766. The van der Waals surface area contributed by atoms with Gasteiger partial charge in [0.25, 0.3) is 11.5 Å². The van der Waals surface area contributed by atoms with Gasteiger partial charge in [-0.2, -0.15) is 5.10 Å². The number of aromatic nitrogens is 3. The molecule has 2 N–H and O–H groups in total. The summed E-state index contributed by atoms with van der Waals surface area (Å²) in [5.41, 5.74) is 2.75. The molecular weight excluding hydrogens is 320 g/mol. The van der Waals surface area contributed by atoms with Gasteiger partial charge in [0.2, 0.25) is 0 Å². The van der Waals surface area contributed by atoms with Crippen molar-refractivity contribution in [1.29, 1.82) is 0 Å². The lowest BCUT2D eigenvalue weighted by molar-refractivity contribution is 0.102. The van der Waals surface area contributed by atoms with E-state index in [0.717, 1.165) is 17.7 Å². The van der Waals surface area contributed by atoms with E-state index in [0.29, 0.717) is 35.4 Å². The molecule has 128 valence electrons. The summed E-state index contributed by atoms with van der Waals surface area (Å²) in [6, 6.07) is 7.35. The molecule has 0 spiro atoms. The third-order valence-corrected chi connectivity index (χ3v) is 4.54. The van der Waals surface area contributed by atoms with Crippen LogP contribution in [0.15, 0.2) is 29.1 Å². The number of pyridine rings is 1. The number of anilines is 1. The summed E-state index contributed by atoms with van der Waals surface area (Å²) in [5.74, 6) is 0.514. The lowest BCUT2D eigenvalue weighted by Gasteiger charge is -2.09. The highest BCUT2D eigenvalue weighted by atomic mass is 16.5. The monoisotopic (exact) mass is 338 g/mol. The molecule has 0 unspecified atom stereocenters. The number of aromatic amines is 1. The van der Waals surface area contributed by atoms with Crippen molar-refractivity contribution in [2.75, 3.05) is 11.9 Å². The predicted molar refractivity (Wildman–Crippen MR) is 94.4 cm³/mol. The van der Waals surface area contributed by atoms with Crippen molar-refractivity contribution >= 4 is 22.6 Å². The highest BCUT2D eigenvalue weighted by Crippen LogP contribution is 2.30. The first-order valence-corrected chi connectivity index (χ1v) is 8.24. The van der Waals surface area contributed by atoms with Crippen molar-refractivity contribution in [3.8, 4) is 5.75 Å². The number of amides is 1. The molecule has 1 amide bonds. The van der Waals surface area contributed by atoms with Crippen molar-refractivity contribution in [3.63, 3.8) is 0 Å². The first-order chi connectivity index (χ1) is 12.1. The van der Waals surface area contributed by atoms with Gasteiger partial charge in [-0.3, -0.25) is 14.7 Å². The maximum atomic E-state index is 12.7. The molecule has 0 saturated heterocycles. The highest BCUT2D eigenvalue weighted by Gasteiger charge is 2.22. The van der Waals surface area contributed by atoms with E-state index in [2.05, 4.69) is 15.5 Å². The van der Waals surface area contributed by atoms with Crippen LogP contribution in [-0.2, 0) is 13.0 Å². The molecule has 4 rings (SSSR count). The number of carbonyl (C=O) groups is 1. The maximum Gasteiger partial charge on any atom is 0.264 e. The van der Waals surface area contributed by atoms with Crippen LogP contribution in [0.4, 0.5) is 5.82 Å². The minimum absolute atomic E-state index is 0.170. The van der Waals surface area contributed by atoms with Crippen molar-refractivity contribution in [2.24, 2.45) is 0 Å². The number of nitrogens with one attached hydrogen (secondary N) is 2. The Morgan fingerprint density at radius 2 is 2.28 bits per heavy atom. The lowest BCUT2D eigenvalue weighted by atomic mass is 10.1. The largest absolute Gasteiger partial charge is 0.492 e. The third kappa shape index (κ3) is 2.39. The van der Waals surface area contributed by atoms with E-state index in [9.17, 15) is 9.59 Å². The number of hydrogen-bond donors (Lipinski definition) is 2. The minimum atomic E-state index is -0.338. The second kappa shape index (κ2) is 5.77. The van der Waals surface area contributed by atoms with Crippen LogP contribution in [0.2, 0.25) is 0 Å². The first kappa shape index (κ1) is 15.4. The Kier molecular flexibility index (Phi) is 3.56. The molecule has 2 aromatic heterocycles. The smallest absolute Gasteiger partial charge is 0.264 e. The Morgan fingerprint density at radius 1 is 1.44 bits per heavy atom. The van der Waals surface area contributed by atoms with Crippen LogP contribution in [0, 0.1) is 6.92 Å².